The normalized spacial score (nSPS) is 19.9. The lowest BCUT2D eigenvalue weighted by Crippen LogP contribution is -2.45. The maximum Gasteiger partial charge on any atom is 0.132 e. The van der Waals surface area contributed by atoms with Gasteiger partial charge >= 0.3 is 0 Å². The number of ether oxygens (including phenoxy) is 4. The number of hydrogen-bond acceptors (Lipinski definition) is 4. The van der Waals surface area contributed by atoms with Crippen molar-refractivity contribution in [2.24, 2.45) is 5.92 Å². The third-order valence-electron chi connectivity index (χ3n) is 10.8. The topological polar surface area (TPSA) is 36.9 Å². The first kappa shape index (κ1) is 34.5. The van der Waals surface area contributed by atoms with E-state index in [0.29, 0.717) is 25.0 Å². The zero-order valence-corrected chi connectivity index (χ0v) is 30.9. The monoisotopic (exact) mass is 650 g/mol. The fourth-order valence-corrected chi connectivity index (χ4v) is 8.25. The maximum absolute atomic E-state index is 6.81. The number of unbranched alkanes of at least 4 members (excludes halogenated alkanes) is 4. The standard InChI is InChI=1S/C44H58O4/c1-9-11-13-15-31-25-37(41-33-23-29(3)17-19-35(33)43(5,6)47-39(41)27-31)45-21-22-46-38-26-32(16-14-12-10-2)28-40-42(38)34-24-30(4)18-20-36(34)44(7,8)48-40/h17,19,23-28,34,36H,9-16,18,20-22H2,1-8H3/t34-,36-/m1/s1. The summed E-state index contributed by atoms with van der Waals surface area (Å²) in [5.41, 5.74) is 9.30. The molecule has 4 heteroatoms. The summed E-state index contributed by atoms with van der Waals surface area (Å²) in [7, 11) is 0. The van der Waals surface area contributed by atoms with Crippen LogP contribution in [0.4, 0.5) is 0 Å². The summed E-state index contributed by atoms with van der Waals surface area (Å²) in [6.45, 7) is 18.7. The van der Waals surface area contributed by atoms with E-state index < -0.39 is 5.60 Å². The molecule has 2 aliphatic heterocycles. The van der Waals surface area contributed by atoms with Gasteiger partial charge in [0, 0.05) is 23.0 Å². The third-order valence-corrected chi connectivity index (χ3v) is 10.8. The molecule has 0 unspecified atom stereocenters. The Balaban J connectivity index is 1.29. The first-order valence-electron chi connectivity index (χ1n) is 18.8. The van der Waals surface area contributed by atoms with Crippen molar-refractivity contribution in [1.29, 1.82) is 0 Å². The average Bonchev–Trinajstić information content (AvgIpc) is 3.02. The fraction of sp³-hybridized carbons (Fsp3) is 0.545. The minimum Gasteiger partial charge on any atom is -0.490 e. The Morgan fingerprint density at radius 1 is 0.750 bits per heavy atom. The zero-order chi connectivity index (χ0) is 34.1. The van der Waals surface area contributed by atoms with E-state index in [9.17, 15) is 0 Å². The van der Waals surface area contributed by atoms with Crippen LogP contribution in [0.25, 0.3) is 11.1 Å². The molecule has 0 saturated heterocycles. The van der Waals surface area contributed by atoms with Gasteiger partial charge in [-0.25, -0.2) is 0 Å². The third kappa shape index (κ3) is 7.14. The number of fused-ring (bicyclic) bond motifs is 6. The van der Waals surface area contributed by atoms with E-state index in [1.165, 1.54) is 71.1 Å². The van der Waals surface area contributed by atoms with Gasteiger partial charge in [0.1, 0.15) is 47.4 Å². The summed E-state index contributed by atoms with van der Waals surface area (Å²) in [6.07, 6.45) is 14.0. The van der Waals surface area contributed by atoms with Gasteiger partial charge in [-0.2, -0.15) is 0 Å². The highest BCUT2D eigenvalue weighted by Gasteiger charge is 2.45. The molecule has 0 amide bonds. The van der Waals surface area contributed by atoms with Crippen molar-refractivity contribution in [1.82, 2.24) is 0 Å². The lowest BCUT2D eigenvalue weighted by Gasteiger charge is -2.46. The second kappa shape index (κ2) is 14.2. The Bertz CT molecular complexity index is 1640. The highest BCUT2D eigenvalue weighted by molar-refractivity contribution is 5.82. The van der Waals surface area contributed by atoms with Gasteiger partial charge in [-0.05, 0) is 121 Å². The lowest BCUT2D eigenvalue weighted by atomic mass is 9.68. The number of benzene rings is 3. The second-order valence-electron chi connectivity index (χ2n) is 15.6. The molecule has 3 aliphatic rings. The van der Waals surface area contributed by atoms with Crippen molar-refractivity contribution in [3.05, 3.63) is 81.9 Å². The molecule has 1 aliphatic carbocycles. The average molecular weight is 651 g/mol. The summed E-state index contributed by atoms with van der Waals surface area (Å²) >= 11 is 0. The molecule has 0 spiro atoms. The Morgan fingerprint density at radius 2 is 1.40 bits per heavy atom. The lowest BCUT2D eigenvalue weighted by molar-refractivity contribution is 0.0103. The molecule has 2 atom stereocenters. The number of allylic oxidation sites excluding steroid dienone is 2. The highest BCUT2D eigenvalue weighted by atomic mass is 16.5. The summed E-state index contributed by atoms with van der Waals surface area (Å²) in [6, 6.07) is 15.7. The van der Waals surface area contributed by atoms with E-state index in [1.54, 1.807) is 0 Å². The smallest absolute Gasteiger partial charge is 0.132 e. The Hall–Kier alpha value is -3.40. The molecule has 0 aromatic heterocycles. The van der Waals surface area contributed by atoms with Crippen LogP contribution in [0.1, 0.15) is 134 Å². The van der Waals surface area contributed by atoms with Gasteiger partial charge in [0.25, 0.3) is 0 Å². The van der Waals surface area contributed by atoms with Crippen molar-refractivity contribution < 1.29 is 18.9 Å². The van der Waals surface area contributed by atoms with Gasteiger partial charge in [-0.3, -0.25) is 0 Å². The molecule has 3 aromatic rings. The molecule has 4 nitrogen and oxygen atoms in total. The van der Waals surface area contributed by atoms with E-state index in [0.717, 1.165) is 60.7 Å². The molecule has 0 fully saturated rings. The Kier molecular flexibility index (Phi) is 10.2. The van der Waals surface area contributed by atoms with Gasteiger partial charge in [-0.15, -0.1) is 0 Å². The summed E-state index contributed by atoms with van der Waals surface area (Å²) in [5, 5.41) is 0. The highest BCUT2D eigenvalue weighted by Crippen LogP contribution is 2.54. The van der Waals surface area contributed by atoms with Crippen LogP contribution in [0.5, 0.6) is 23.0 Å². The minimum absolute atomic E-state index is 0.218. The first-order chi connectivity index (χ1) is 23.0. The quantitative estimate of drug-likeness (QED) is 0.136. The largest absolute Gasteiger partial charge is 0.490 e. The van der Waals surface area contributed by atoms with Crippen LogP contribution in [0.2, 0.25) is 0 Å². The Morgan fingerprint density at radius 3 is 2.08 bits per heavy atom. The van der Waals surface area contributed by atoms with E-state index in [1.807, 2.05) is 0 Å². The maximum atomic E-state index is 6.81. The van der Waals surface area contributed by atoms with Crippen LogP contribution < -0.4 is 18.9 Å². The van der Waals surface area contributed by atoms with Crippen LogP contribution in [0.3, 0.4) is 0 Å². The molecule has 3 aromatic carbocycles. The predicted octanol–water partition coefficient (Wildman–Crippen LogP) is 11.8. The summed E-state index contributed by atoms with van der Waals surface area (Å²) < 4.78 is 27.0. The van der Waals surface area contributed by atoms with Crippen molar-refractivity contribution in [2.45, 2.75) is 137 Å². The van der Waals surface area contributed by atoms with Crippen molar-refractivity contribution in [3.63, 3.8) is 0 Å². The summed E-state index contributed by atoms with van der Waals surface area (Å²) in [4.78, 5) is 0. The van der Waals surface area contributed by atoms with Crippen molar-refractivity contribution in [2.75, 3.05) is 13.2 Å². The van der Waals surface area contributed by atoms with Crippen LogP contribution in [-0.4, -0.2) is 18.8 Å². The van der Waals surface area contributed by atoms with Crippen molar-refractivity contribution in [3.8, 4) is 34.1 Å². The SMILES string of the molecule is CCCCCc1cc(OCCOc2cc(CCCCC)cc3c2[C@@H]2C=C(C)CC[C@H]2C(C)(C)O3)c2c(c1)OC(C)(C)c1ccc(C)cc1-2. The molecule has 48 heavy (non-hydrogen) atoms. The van der Waals surface area contributed by atoms with Gasteiger partial charge in [0.2, 0.25) is 0 Å². The molecule has 258 valence electrons. The summed E-state index contributed by atoms with van der Waals surface area (Å²) in [5.74, 6) is 4.48. The van der Waals surface area contributed by atoms with E-state index in [2.05, 4.69) is 104 Å². The molecule has 6 rings (SSSR count). The molecular weight excluding hydrogens is 592 g/mol. The second-order valence-corrected chi connectivity index (χ2v) is 15.6. The fourth-order valence-electron chi connectivity index (χ4n) is 8.25. The van der Waals surface area contributed by atoms with Crippen LogP contribution in [-0.2, 0) is 18.4 Å². The predicted molar refractivity (Wildman–Crippen MR) is 198 cm³/mol. The van der Waals surface area contributed by atoms with Gasteiger partial charge in [-0.1, -0.05) is 74.9 Å². The molecular formula is C44H58O4. The van der Waals surface area contributed by atoms with Crippen LogP contribution in [0, 0.1) is 12.8 Å². The van der Waals surface area contributed by atoms with Gasteiger partial charge in [0.05, 0.1) is 5.56 Å². The molecule has 0 radical (unpaired) electrons. The minimum atomic E-state index is -0.417. The zero-order valence-electron chi connectivity index (χ0n) is 30.9. The van der Waals surface area contributed by atoms with Gasteiger partial charge < -0.3 is 18.9 Å². The van der Waals surface area contributed by atoms with Crippen LogP contribution >= 0.6 is 0 Å². The number of hydrogen-bond donors (Lipinski definition) is 0. The number of rotatable bonds is 13. The van der Waals surface area contributed by atoms with E-state index >= 15 is 0 Å². The molecule has 0 saturated carbocycles. The van der Waals surface area contributed by atoms with Crippen molar-refractivity contribution >= 4 is 0 Å². The van der Waals surface area contributed by atoms with Gasteiger partial charge in [0.15, 0.2) is 0 Å². The molecule has 2 heterocycles. The molecule has 0 N–H and O–H groups in total. The van der Waals surface area contributed by atoms with Crippen LogP contribution in [0.15, 0.2) is 54.1 Å². The molecule has 0 bridgehead atoms. The van der Waals surface area contributed by atoms with E-state index in [4.69, 9.17) is 18.9 Å². The first-order valence-corrected chi connectivity index (χ1v) is 18.8. The Labute approximate surface area is 290 Å². The number of aryl methyl sites for hydroxylation is 3. The van der Waals surface area contributed by atoms with E-state index in [-0.39, 0.29) is 5.60 Å².